The Morgan fingerprint density at radius 3 is 2.74 bits per heavy atom. The Morgan fingerprint density at radius 2 is 2.00 bits per heavy atom. The zero-order valence-corrected chi connectivity index (χ0v) is 10.0. The average Bonchev–Trinajstić information content (AvgIpc) is 2.82. The van der Waals surface area contributed by atoms with Crippen LogP contribution in [0.1, 0.15) is 11.1 Å². The molecule has 0 amide bonds. The van der Waals surface area contributed by atoms with Gasteiger partial charge in [-0.2, -0.15) is 0 Å². The zero-order valence-electron chi connectivity index (χ0n) is 10.0. The lowest BCUT2D eigenvalue weighted by molar-refractivity contribution is -0.384. The lowest BCUT2D eigenvalue weighted by Gasteiger charge is -1.99. The third-order valence-electron chi connectivity index (χ3n) is 3.11. The maximum Gasteiger partial charge on any atom is 0.270 e. The van der Waals surface area contributed by atoms with Crippen molar-refractivity contribution in [2.45, 2.75) is 6.42 Å². The van der Waals surface area contributed by atoms with Crippen LogP contribution in [0.3, 0.4) is 0 Å². The highest BCUT2D eigenvalue weighted by atomic mass is 16.6. The summed E-state index contributed by atoms with van der Waals surface area (Å²) < 4.78 is 0. The number of fused-ring (bicyclic) bond motifs is 1. The first-order chi connectivity index (χ1) is 9.24. The van der Waals surface area contributed by atoms with Crippen molar-refractivity contribution < 1.29 is 4.92 Å². The summed E-state index contributed by atoms with van der Waals surface area (Å²) >= 11 is 0. The van der Waals surface area contributed by atoms with Crippen LogP contribution in [0, 0.1) is 10.1 Å². The van der Waals surface area contributed by atoms with E-state index in [1.807, 2.05) is 18.3 Å². The summed E-state index contributed by atoms with van der Waals surface area (Å²) in [7, 11) is 0. The summed E-state index contributed by atoms with van der Waals surface area (Å²) in [5, 5.41) is 11.7. The van der Waals surface area contributed by atoms with E-state index in [1.54, 1.807) is 24.5 Å². The number of aromatic amines is 1. The van der Waals surface area contributed by atoms with E-state index < -0.39 is 0 Å². The second-order valence-corrected chi connectivity index (χ2v) is 4.33. The molecule has 0 saturated carbocycles. The lowest BCUT2D eigenvalue weighted by atomic mass is 10.1. The van der Waals surface area contributed by atoms with Gasteiger partial charge >= 0.3 is 0 Å². The van der Waals surface area contributed by atoms with Crippen LogP contribution in [0.2, 0.25) is 0 Å². The van der Waals surface area contributed by atoms with Crippen molar-refractivity contribution in [1.29, 1.82) is 0 Å². The molecule has 1 aromatic carbocycles. The summed E-state index contributed by atoms with van der Waals surface area (Å²) in [6.07, 6.45) is 6.11. The molecule has 0 radical (unpaired) electrons. The van der Waals surface area contributed by atoms with Crippen LogP contribution in [0.15, 0.2) is 48.9 Å². The highest BCUT2D eigenvalue weighted by Gasteiger charge is 2.10. The third kappa shape index (κ3) is 2.18. The van der Waals surface area contributed by atoms with Gasteiger partial charge in [0.1, 0.15) is 0 Å². The fourth-order valence-corrected chi connectivity index (χ4v) is 2.15. The molecule has 2 aromatic heterocycles. The van der Waals surface area contributed by atoms with Crippen LogP contribution in [0.4, 0.5) is 5.69 Å². The van der Waals surface area contributed by atoms with Crippen LogP contribution in [-0.4, -0.2) is 14.9 Å². The number of nitrogens with zero attached hydrogens (tertiary/aromatic N) is 2. The molecule has 5 heteroatoms. The van der Waals surface area contributed by atoms with Gasteiger partial charge in [0.15, 0.2) is 0 Å². The van der Waals surface area contributed by atoms with Crippen LogP contribution in [0.5, 0.6) is 0 Å². The molecule has 0 spiro atoms. The number of nitro benzene ring substituents is 1. The summed E-state index contributed by atoms with van der Waals surface area (Å²) in [5.74, 6) is 0. The van der Waals surface area contributed by atoms with E-state index in [-0.39, 0.29) is 10.6 Å². The number of hydrogen-bond donors (Lipinski definition) is 1. The molecular weight excluding hydrogens is 242 g/mol. The molecule has 5 nitrogen and oxygen atoms in total. The monoisotopic (exact) mass is 253 g/mol. The molecule has 0 aliphatic rings. The number of pyridine rings is 1. The van der Waals surface area contributed by atoms with Gasteiger partial charge in [-0.25, -0.2) is 0 Å². The number of hydrogen-bond acceptors (Lipinski definition) is 3. The van der Waals surface area contributed by atoms with Gasteiger partial charge in [-0.1, -0.05) is 0 Å². The van der Waals surface area contributed by atoms with Crippen molar-refractivity contribution in [3.8, 4) is 0 Å². The van der Waals surface area contributed by atoms with E-state index in [1.165, 1.54) is 6.07 Å². The first-order valence-electron chi connectivity index (χ1n) is 5.87. The Labute approximate surface area is 109 Å². The number of nitro groups is 1. The number of rotatable bonds is 3. The molecule has 0 aliphatic carbocycles. The predicted octanol–water partition coefficient (Wildman–Crippen LogP) is 3.06. The third-order valence-corrected chi connectivity index (χ3v) is 3.11. The maximum absolute atomic E-state index is 10.8. The quantitative estimate of drug-likeness (QED) is 0.576. The molecule has 0 bridgehead atoms. The van der Waals surface area contributed by atoms with Gasteiger partial charge in [0, 0.05) is 41.6 Å². The van der Waals surface area contributed by atoms with Crippen molar-refractivity contribution in [2.75, 3.05) is 0 Å². The minimum absolute atomic E-state index is 0.114. The molecule has 3 aromatic rings. The smallest absolute Gasteiger partial charge is 0.270 e. The van der Waals surface area contributed by atoms with E-state index in [0.717, 1.165) is 28.5 Å². The molecule has 0 unspecified atom stereocenters. The van der Waals surface area contributed by atoms with Crippen LogP contribution in [0.25, 0.3) is 10.9 Å². The zero-order chi connectivity index (χ0) is 13.2. The number of nitrogens with one attached hydrogen (secondary N) is 1. The Hall–Kier alpha value is -2.69. The van der Waals surface area contributed by atoms with E-state index in [2.05, 4.69) is 9.97 Å². The van der Waals surface area contributed by atoms with E-state index >= 15 is 0 Å². The molecule has 94 valence electrons. The van der Waals surface area contributed by atoms with Crippen molar-refractivity contribution in [3.05, 3.63) is 70.2 Å². The Morgan fingerprint density at radius 1 is 1.21 bits per heavy atom. The highest BCUT2D eigenvalue weighted by Crippen LogP contribution is 2.25. The molecule has 2 heterocycles. The molecule has 0 saturated heterocycles. The summed E-state index contributed by atoms with van der Waals surface area (Å²) in [4.78, 5) is 17.6. The van der Waals surface area contributed by atoms with Crippen LogP contribution < -0.4 is 0 Å². The molecule has 0 aliphatic heterocycles. The van der Waals surface area contributed by atoms with Gasteiger partial charge in [0.05, 0.1) is 4.92 Å². The van der Waals surface area contributed by atoms with Crippen molar-refractivity contribution in [1.82, 2.24) is 9.97 Å². The number of aromatic nitrogens is 2. The highest BCUT2D eigenvalue weighted by molar-refractivity contribution is 5.85. The van der Waals surface area contributed by atoms with Gasteiger partial charge < -0.3 is 4.98 Å². The van der Waals surface area contributed by atoms with Crippen molar-refractivity contribution in [3.63, 3.8) is 0 Å². The molecule has 3 rings (SSSR count). The fraction of sp³-hybridized carbons (Fsp3) is 0.0714. The predicted molar refractivity (Wildman–Crippen MR) is 72.0 cm³/mol. The summed E-state index contributed by atoms with van der Waals surface area (Å²) in [6.45, 7) is 0. The topological polar surface area (TPSA) is 71.8 Å². The number of H-pyrrole nitrogens is 1. The Bertz CT molecular complexity index is 735. The fourth-order valence-electron chi connectivity index (χ4n) is 2.15. The van der Waals surface area contributed by atoms with Crippen LogP contribution in [-0.2, 0) is 6.42 Å². The van der Waals surface area contributed by atoms with E-state index in [9.17, 15) is 10.1 Å². The first-order valence-corrected chi connectivity index (χ1v) is 5.87. The molecule has 0 atom stereocenters. The van der Waals surface area contributed by atoms with Crippen molar-refractivity contribution in [2.24, 2.45) is 0 Å². The minimum Gasteiger partial charge on any atom is -0.361 e. The van der Waals surface area contributed by atoms with Crippen LogP contribution >= 0.6 is 0 Å². The molecule has 1 N–H and O–H groups in total. The first kappa shape index (κ1) is 11.4. The molecule has 19 heavy (non-hydrogen) atoms. The standard InChI is InChI=1S/C14H11N3O2/c18-17(19)12-1-2-14-13(8-12)11(9-16-14)7-10-3-5-15-6-4-10/h1-6,8-9,16H,7H2. The van der Waals surface area contributed by atoms with Gasteiger partial charge in [-0.15, -0.1) is 0 Å². The second kappa shape index (κ2) is 4.53. The molecular formula is C14H11N3O2. The van der Waals surface area contributed by atoms with Gasteiger partial charge in [-0.05, 0) is 35.7 Å². The Kier molecular flexibility index (Phi) is 2.72. The maximum atomic E-state index is 10.8. The van der Waals surface area contributed by atoms with Gasteiger partial charge in [0.2, 0.25) is 0 Å². The SMILES string of the molecule is O=[N+]([O-])c1ccc2[nH]cc(Cc3ccncc3)c2c1. The summed E-state index contributed by atoms with van der Waals surface area (Å²) in [5.41, 5.74) is 3.20. The summed E-state index contributed by atoms with van der Waals surface area (Å²) in [6, 6.07) is 8.74. The van der Waals surface area contributed by atoms with Gasteiger partial charge in [0.25, 0.3) is 5.69 Å². The second-order valence-electron chi connectivity index (χ2n) is 4.33. The number of non-ortho nitro benzene ring substituents is 1. The Balaban J connectivity index is 2.04. The largest absolute Gasteiger partial charge is 0.361 e. The van der Waals surface area contributed by atoms with E-state index in [4.69, 9.17) is 0 Å². The normalized spacial score (nSPS) is 10.7. The molecule has 0 fully saturated rings. The lowest BCUT2D eigenvalue weighted by Crippen LogP contribution is -1.89. The number of benzene rings is 1. The minimum atomic E-state index is -0.372. The average molecular weight is 253 g/mol. The van der Waals surface area contributed by atoms with E-state index in [0.29, 0.717) is 0 Å². The van der Waals surface area contributed by atoms with Gasteiger partial charge in [-0.3, -0.25) is 15.1 Å². The van der Waals surface area contributed by atoms with Crippen molar-refractivity contribution >= 4 is 16.6 Å².